The molecule has 0 fully saturated rings. The lowest BCUT2D eigenvalue weighted by molar-refractivity contribution is -0.274. The summed E-state index contributed by atoms with van der Waals surface area (Å²) in [5, 5.41) is 0.401. The fourth-order valence-corrected chi connectivity index (χ4v) is 1.94. The first-order valence-corrected chi connectivity index (χ1v) is 5.57. The van der Waals surface area contributed by atoms with Crippen LogP contribution < -0.4 is 10.5 Å². The lowest BCUT2D eigenvalue weighted by Gasteiger charge is -2.12. The lowest BCUT2D eigenvalue weighted by Crippen LogP contribution is -2.17. The summed E-state index contributed by atoms with van der Waals surface area (Å²) in [5.74, 6) is -0.429. The number of rotatable bonds is 4. The average molecular weight is 288 g/mol. The van der Waals surface area contributed by atoms with E-state index in [-0.39, 0.29) is 12.2 Å². The molecule has 1 heterocycles. The van der Waals surface area contributed by atoms with Crippen LogP contribution in [0.3, 0.4) is 0 Å². The van der Waals surface area contributed by atoms with Crippen molar-refractivity contribution in [3.8, 4) is 5.75 Å². The minimum absolute atomic E-state index is 0.103. The Kier molecular flexibility index (Phi) is 3.47. The van der Waals surface area contributed by atoms with Gasteiger partial charge in [0.2, 0.25) is 0 Å². The Morgan fingerprint density at radius 1 is 1.40 bits per heavy atom. The fourth-order valence-electron chi connectivity index (χ4n) is 1.94. The smallest absolute Gasteiger partial charge is 0.460 e. The zero-order chi connectivity index (χ0) is 14.9. The van der Waals surface area contributed by atoms with Crippen molar-refractivity contribution >= 4 is 23.1 Å². The van der Waals surface area contributed by atoms with Crippen LogP contribution in [-0.2, 0) is 9.53 Å². The highest BCUT2D eigenvalue weighted by Gasteiger charge is 2.31. The van der Waals surface area contributed by atoms with Gasteiger partial charge < -0.3 is 20.2 Å². The second-order valence-electron chi connectivity index (χ2n) is 4.10. The van der Waals surface area contributed by atoms with Crippen LogP contribution in [-0.4, -0.2) is 17.8 Å². The van der Waals surface area contributed by atoms with Gasteiger partial charge in [0.05, 0.1) is 11.2 Å². The number of nitrogens with one attached hydrogen (secondary N) is 1. The maximum Gasteiger partial charge on any atom is 0.573 e. The third-order valence-corrected chi connectivity index (χ3v) is 2.76. The Morgan fingerprint density at radius 2 is 2.10 bits per heavy atom. The number of hydrogen-bond donors (Lipinski definition) is 2. The van der Waals surface area contributed by atoms with Crippen molar-refractivity contribution in [1.29, 1.82) is 0 Å². The van der Waals surface area contributed by atoms with E-state index in [0.717, 1.165) is 6.07 Å². The summed E-state index contributed by atoms with van der Waals surface area (Å²) in [6, 6.07) is 2.26. The number of carbonyl (C=O) groups excluding carboxylic acids is 1. The number of hydrogen-bond acceptors (Lipinski definition) is 4. The van der Waals surface area contributed by atoms with E-state index in [1.54, 1.807) is 6.92 Å². The van der Waals surface area contributed by atoms with E-state index in [0.29, 0.717) is 16.5 Å². The van der Waals surface area contributed by atoms with Gasteiger partial charge in [0, 0.05) is 23.2 Å². The molecule has 0 spiro atoms. The number of nitrogen functional groups attached to an aromatic ring is 1. The van der Waals surface area contributed by atoms with Crippen molar-refractivity contribution in [3.63, 3.8) is 0 Å². The zero-order valence-electron chi connectivity index (χ0n) is 10.3. The molecule has 0 aliphatic heterocycles. The molecule has 0 aliphatic carbocycles. The fraction of sp³-hybridized carbons (Fsp3) is 0.250. The third kappa shape index (κ3) is 2.79. The molecule has 1 aromatic carbocycles. The molecule has 0 bridgehead atoms. The topological polar surface area (TPSA) is 77.3 Å². The molecule has 8 heteroatoms. The number of H-pyrrole nitrogens is 1. The van der Waals surface area contributed by atoms with Gasteiger partial charge in [-0.1, -0.05) is 0 Å². The van der Waals surface area contributed by atoms with Crippen molar-refractivity contribution in [2.45, 2.75) is 19.4 Å². The van der Waals surface area contributed by atoms with E-state index in [4.69, 9.17) is 10.5 Å². The summed E-state index contributed by atoms with van der Waals surface area (Å²) in [7, 11) is 0. The zero-order valence-corrected chi connectivity index (χ0v) is 10.3. The van der Waals surface area contributed by atoms with Gasteiger partial charge in [-0.25, -0.2) is 0 Å². The first-order chi connectivity index (χ1) is 9.31. The van der Waals surface area contributed by atoms with Crippen LogP contribution in [0.4, 0.5) is 18.9 Å². The summed E-state index contributed by atoms with van der Waals surface area (Å²) in [5.41, 5.74) is 6.74. The van der Waals surface area contributed by atoms with Gasteiger partial charge >= 0.3 is 6.36 Å². The second kappa shape index (κ2) is 4.95. The van der Waals surface area contributed by atoms with Gasteiger partial charge in [-0.05, 0) is 13.0 Å². The van der Waals surface area contributed by atoms with Crippen LogP contribution in [0.2, 0.25) is 0 Å². The minimum atomic E-state index is -4.80. The summed E-state index contributed by atoms with van der Waals surface area (Å²) in [6.07, 6.45) is -3.91. The van der Waals surface area contributed by atoms with Crippen molar-refractivity contribution in [2.75, 3.05) is 5.73 Å². The van der Waals surface area contributed by atoms with Crippen LogP contribution in [0.5, 0.6) is 5.75 Å². The largest absolute Gasteiger partial charge is 0.573 e. The molecular weight excluding hydrogens is 277 g/mol. The number of aromatic amines is 1. The molecule has 0 amide bonds. The molecule has 20 heavy (non-hydrogen) atoms. The van der Waals surface area contributed by atoms with E-state index in [9.17, 15) is 18.0 Å². The number of carbonyl (C=O) groups is 1. The Hall–Kier alpha value is -2.38. The molecule has 108 valence electrons. The van der Waals surface area contributed by atoms with E-state index < -0.39 is 18.2 Å². The van der Waals surface area contributed by atoms with E-state index in [1.165, 1.54) is 12.3 Å². The maximum absolute atomic E-state index is 12.2. The number of nitrogens with two attached hydrogens (primary N) is 1. The van der Waals surface area contributed by atoms with Crippen LogP contribution >= 0.6 is 0 Å². The van der Waals surface area contributed by atoms with Gasteiger partial charge in [-0.3, -0.25) is 4.79 Å². The predicted octanol–water partition coefficient (Wildman–Crippen LogP) is 2.88. The molecule has 3 N–H and O–H groups in total. The van der Waals surface area contributed by atoms with E-state index >= 15 is 0 Å². The number of ether oxygens (including phenoxy) is 2. The van der Waals surface area contributed by atoms with Crippen LogP contribution in [0.25, 0.3) is 10.9 Å². The lowest BCUT2D eigenvalue weighted by atomic mass is 10.1. The minimum Gasteiger partial charge on any atom is -0.460 e. The number of halogens is 3. The SMILES string of the molecule is CC(OC=O)c1c[nH]c2c(N)cc(OC(F)(F)F)cc12. The van der Waals surface area contributed by atoms with E-state index in [1.807, 2.05) is 0 Å². The predicted molar refractivity (Wildman–Crippen MR) is 65.0 cm³/mol. The molecule has 5 nitrogen and oxygen atoms in total. The van der Waals surface area contributed by atoms with Crippen molar-refractivity contribution in [3.05, 3.63) is 23.9 Å². The molecular formula is C12H11F3N2O3. The molecule has 0 saturated carbocycles. The molecule has 0 radical (unpaired) electrons. The highest BCUT2D eigenvalue weighted by Crippen LogP contribution is 2.34. The quantitative estimate of drug-likeness (QED) is 0.670. The molecule has 0 aliphatic rings. The first-order valence-electron chi connectivity index (χ1n) is 5.57. The van der Waals surface area contributed by atoms with Crippen LogP contribution in [0.15, 0.2) is 18.3 Å². The highest BCUT2D eigenvalue weighted by molar-refractivity contribution is 5.94. The normalized spacial score (nSPS) is 13.2. The number of alkyl halides is 3. The van der Waals surface area contributed by atoms with Gasteiger partial charge in [0.15, 0.2) is 0 Å². The molecule has 0 saturated heterocycles. The van der Waals surface area contributed by atoms with Crippen molar-refractivity contribution in [2.24, 2.45) is 0 Å². The van der Waals surface area contributed by atoms with Crippen LogP contribution in [0.1, 0.15) is 18.6 Å². The first kappa shape index (κ1) is 14.0. The Balaban J connectivity index is 2.50. The number of fused-ring (bicyclic) bond motifs is 1. The maximum atomic E-state index is 12.2. The Morgan fingerprint density at radius 3 is 2.70 bits per heavy atom. The number of aromatic nitrogens is 1. The highest BCUT2D eigenvalue weighted by atomic mass is 19.4. The standard InChI is InChI=1S/C12H11F3N2O3/c1-6(19-5-18)9-4-17-11-8(9)2-7(3-10(11)16)20-12(13,14)15/h2-6,17H,16H2,1H3. The van der Waals surface area contributed by atoms with Crippen molar-refractivity contribution < 1.29 is 27.4 Å². The van der Waals surface area contributed by atoms with Crippen LogP contribution in [0, 0.1) is 0 Å². The molecule has 2 aromatic rings. The van der Waals surface area contributed by atoms with Crippen molar-refractivity contribution in [1.82, 2.24) is 4.98 Å². The molecule has 1 unspecified atom stereocenters. The third-order valence-electron chi connectivity index (χ3n) is 2.76. The molecule has 1 aromatic heterocycles. The van der Waals surface area contributed by atoms with E-state index in [2.05, 4.69) is 9.72 Å². The number of anilines is 1. The molecule has 2 rings (SSSR count). The van der Waals surface area contributed by atoms with Gasteiger partial charge in [0.1, 0.15) is 11.9 Å². The van der Waals surface area contributed by atoms with Gasteiger partial charge in [-0.2, -0.15) is 0 Å². The summed E-state index contributed by atoms with van der Waals surface area (Å²) in [4.78, 5) is 13.2. The second-order valence-corrected chi connectivity index (χ2v) is 4.10. The number of benzene rings is 1. The summed E-state index contributed by atoms with van der Waals surface area (Å²) >= 11 is 0. The average Bonchev–Trinajstić information content (AvgIpc) is 2.71. The Bertz CT molecular complexity index is 637. The Labute approximate surface area is 111 Å². The van der Waals surface area contributed by atoms with Gasteiger partial charge in [-0.15, -0.1) is 13.2 Å². The summed E-state index contributed by atoms with van der Waals surface area (Å²) < 4.78 is 45.3. The molecule has 1 atom stereocenters. The van der Waals surface area contributed by atoms with Gasteiger partial charge in [0.25, 0.3) is 6.47 Å². The summed E-state index contributed by atoms with van der Waals surface area (Å²) in [6.45, 7) is 1.85. The monoisotopic (exact) mass is 288 g/mol.